The molecule has 0 radical (unpaired) electrons. The van der Waals surface area contributed by atoms with Crippen LogP contribution in [0, 0.1) is 19.7 Å². The first kappa shape index (κ1) is 21.2. The number of nitrogens with zero attached hydrogens (tertiary/aromatic N) is 2. The first-order valence-electron chi connectivity index (χ1n) is 10.7. The van der Waals surface area contributed by atoms with Crippen LogP contribution in [0.1, 0.15) is 24.0 Å². The van der Waals surface area contributed by atoms with Crippen molar-refractivity contribution in [1.29, 1.82) is 0 Å². The standard InChI is InChI=1S/C26H21F3N2O2/c1-15-11-22-23(12-16(15)2)25(32)31(30-24(22)17-3-5-18(27)6-4-17)19-7-9-20(10-8-19)33-21-13-26(28,29)14-21/h3-12,21H,13-14H2,1-2H3. The van der Waals surface area contributed by atoms with Crippen LogP contribution >= 0.6 is 0 Å². The Labute approximate surface area is 188 Å². The number of hydrogen-bond acceptors (Lipinski definition) is 3. The van der Waals surface area contributed by atoms with Crippen molar-refractivity contribution in [1.82, 2.24) is 9.78 Å². The lowest BCUT2D eigenvalue weighted by molar-refractivity contribution is -0.134. The molecule has 3 aromatic carbocycles. The van der Waals surface area contributed by atoms with Gasteiger partial charge >= 0.3 is 0 Å². The molecule has 4 aromatic rings. The Morgan fingerprint density at radius 2 is 1.55 bits per heavy atom. The van der Waals surface area contributed by atoms with Crippen LogP contribution in [0.15, 0.2) is 65.5 Å². The van der Waals surface area contributed by atoms with E-state index in [1.165, 1.54) is 16.8 Å². The number of halogens is 3. The number of hydrogen-bond donors (Lipinski definition) is 0. The third kappa shape index (κ3) is 3.99. The van der Waals surface area contributed by atoms with Gasteiger partial charge < -0.3 is 4.74 Å². The summed E-state index contributed by atoms with van der Waals surface area (Å²) in [7, 11) is 0. The van der Waals surface area contributed by atoms with E-state index >= 15 is 0 Å². The molecule has 0 saturated heterocycles. The zero-order valence-corrected chi connectivity index (χ0v) is 18.1. The van der Waals surface area contributed by atoms with Crippen LogP contribution in [0.3, 0.4) is 0 Å². The number of alkyl halides is 2. The highest BCUT2D eigenvalue weighted by molar-refractivity contribution is 5.95. The molecule has 0 atom stereocenters. The van der Waals surface area contributed by atoms with Gasteiger partial charge in [-0.15, -0.1) is 0 Å². The van der Waals surface area contributed by atoms with Crippen molar-refractivity contribution in [2.24, 2.45) is 0 Å². The fourth-order valence-corrected chi connectivity index (χ4v) is 4.05. The lowest BCUT2D eigenvalue weighted by Crippen LogP contribution is -2.43. The fourth-order valence-electron chi connectivity index (χ4n) is 4.05. The van der Waals surface area contributed by atoms with E-state index in [-0.39, 0.29) is 24.2 Å². The second kappa shape index (κ2) is 7.76. The summed E-state index contributed by atoms with van der Waals surface area (Å²) in [6, 6.07) is 16.4. The highest BCUT2D eigenvalue weighted by atomic mass is 19.3. The average molecular weight is 450 g/mol. The SMILES string of the molecule is Cc1cc2c(-c3ccc(F)cc3)nn(-c3ccc(OC4CC(F)(F)C4)cc3)c(=O)c2cc1C. The Kier molecular flexibility index (Phi) is 5.00. The van der Waals surface area contributed by atoms with Gasteiger partial charge in [-0.1, -0.05) is 0 Å². The molecule has 1 heterocycles. The van der Waals surface area contributed by atoms with Gasteiger partial charge in [0.05, 0.1) is 16.8 Å². The van der Waals surface area contributed by atoms with E-state index < -0.39 is 12.0 Å². The summed E-state index contributed by atoms with van der Waals surface area (Å²) in [4.78, 5) is 13.3. The Balaban J connectivity index is 1.59. The van der Waals surface area contributed by atoms with Gasteiger partial charge in [-0.05, 0) is 85.6 Å². The second-order valence-electron chi connectivity index (χ2n) is 8.55. The summed E-state index contributed by atoms with van der Waals surface area (Å²) in [5, 5.41) is 5.82. The monoisotopic (exact) mass is 450 g/mol. The van der Waals surface area contributed by atoms with E-state index in [0.717, 1.165) is 11.1 Å². The molecular formula is C26H21F3N2O2. The molecule has 1 saturated carbocycles. The van der Waals surface area contributed by atoms with E-state index in [1.54, 1.807) is 36.4 Å². The van der Waals surface area contributed by atoms with Crippen LogP contribution in [0.4, 0.5) is 13.2 Å². The molecule has 33 heavy (non-hydrogen) atoms. The van der Waals surface area contributed by atoms with Crippen molar-refractivity contribution in [3.63, 3.8) is 0 Å². The Hall–Kier alpha value is -3.61. The van der Waals surface area contributed by atoms with E-state index in [9.17, 15) is 18.0 Å². The maximum Gasteiger partial charge on any atom is 0.279 e. The van der Waals surface area contributed by atoms with Gasteiger partial charge in [0.2, 0.25) is 0 Å². The minimum absolute atomic E-state index is 0.286. The maximum atomic E-state index is 13.5. The summed E-state index contributed by atoms with van der Waals surface area (Å²) in [5.74, 6) is -2.55. The van der Waals surface area contributed by atoms with Crippen LogP contribution in [0.2, 0.25) is 0 Å². The van der Waals surface area contributed by atoms with Crippen LogP contribution in [-0.4, -0.2) is 21.8 Å². The molecule has 168 valence electrons. The van der Waals surface area contributed by atoms with Crippen LogP contribution in [-0.2, 0) is 0 Å². The second-order valence-corrected chi connectivity index (χ2v) is 8.55. The number of benzene rings is 3. The summed E-state index contributed by atoms with van der Waals surface area (Å²) < 4.78 is 46.5. The summed E-state index contributed by atoms with van der Waals surface area (Å²) in [6.07, 6.45) is -1.09. The third-order valence-electron chi connectivity index (χ3n) is 6.07. The Morgan fingerprint density at radius 3 is 2.15 bits per heavy atom. The lowest BCUT2D eigenvalue weighted by atomic mass is 9.91. The molecule has 7 heteroatoms. The molecule has 0 unspecified atom stereocenters. The quantitative estimate of drug-likeness (QED) is 0.384. The lowest BCUT2D eigenvalue weighted by Gasteiger charge is -2.34. The molecule has 0 amide bonds. The van der Waals surface area contributed by atoms with E-state index in [1.807, 2.05) is 26.0 Å². The van der Waals surface area contributed by atoms with Crippen molar-refractivity contribution in [3.05, 3.63) is 88.0 Å². The van der Waals surface area contributed by atoms with Gasteiger partial charge in [0.15, 0.2) is 0 Å². The van der Waals surface area contributed by atoms with Gasteiger partial charge in [0, 0.05) is 23.8 Å². The predicted molar refractivity (Wildman–Crippen MR) is 121 cm³/mol. The zero-order valence-electron chi connectivity index (χ0n) is 18.1. The number of fused-ring (bicyclic) bond motifs is 1. The first-order valence-corrected chi connectivity index (χ1v) is 10.7. The van der Waals surface area contributed by atoms with Crippen molar-refractivity contribution in [3.8, 4) is 22.7 Å². The summed E-state index contributed by atoms with van der Waals surface area (Å²) in [5.41, 5.74) is 3.46. The minimum atomic E-state index is -2.65. The normalized spacial score (nSPS) is 15.4. The summed E-state index contributed by atoms with van der Waals surface area (Å²) >= 11 is 0. The molecule has 1 aliphatic rings. The number of aryl methyl sites for hydroxylation is 2. The smallest absolute Gasteiger partial charge is 0.279 e. The molecule has 0 bridgehead atoms. The molecule has 1 fully saturated rings. The Bertz CT molecular complexity index is 1400. The van der Waals surface area contributed by atoms with Crippen molar-refractivity contribution in [2.75, 3.05) is 0 Å². The Morgan fingerprint density at radius 1 is 0.939 bits per heavy atom. The van der Waals surface area contributed by atoms with Crippen LogP contribution in [0.5, 0.6) is 5.75 Å². The highest BCUT2D eigenvalue weighted by Crippen LogP contribution is 2.39. The van der Waals surface area contributed by atoms with Crippen LogP contribution in [0.25, 0.3) is 27.7 Å². The molecule has 1 aliphatic carbocycles. The van der Waals surface area contributed by atoms with E-state index in [4.69, 9.17) is 4.74 Å². The average Bonchev–Trinajstić information content (AvgIpc) is 2.76. The molecule has 5 rings (SSSR count). The fraction of sp³-hybridized carbons (Fsp3) is 0.231. The zero-order chi connectivity index (χ0) is 23.3. The van der Waals surface area contributed by atoms with Crippen molar-refractivity contribution < 1.29 is 17.9 Å². The highest BCUT2D eigenvalue weighted by Gasteiger charge is 2.46. The van der Waals surface area contributed by atoms with Gasteiger partial charge in [-0.3, -0.25) is 4.79 Å². The van der Waals surface area contributed by atoms with Crippen molar-refractivity contribution in [2.45, 2.75) is 38.7 Å². The van der Waals surface area contributed by atoms with E-state index in [0.29, 0.717) is 33.5 Å². The number of aromatic nitrogens is 2. The van der Waals surface area contributed by atoms with Gasteiger partial charge in [-0.25, -0.2) is 13.2 Å². The van der Waals surface area contributed by atoms with Gasteiger partial charge in [0.25, 0.3) is 11.5 Å². The molecule has 4 nitrogen and oxygen atoms in total. The molecule has 1 aromatic heterocycles. The van der Waals surface area contributed by atoms with Crippen LogP contribution < -0.4 is 10.3 Å². The topological polar surface area (TPSA) is 44.1 Å². The number of rotatable bonds is 4. The number of ether oxygens (including phenoxy) is 1. The maximum absolute atomic E-state index is 13.5. The molecular weight excluding hydrogens is 429 g/mol. The third-order valence-corrected chi connectivity index (χ3v) is 6.07. The molecule has 0 spiro atoms. The summed E-state index contributed by atoms with van der Waals surface area (Å²) in [6.45, 7) is 3.90. The van der Waals surface area contributed by atoms with Crippen molar-refractivity contribution >= 4 is 10.8 Å². The van der Waals surface area contributed by atoms with E-state index in [2.05, 4.69) is 5.10 Å². The first-order chi connectivity index (χ1) is 15.7. The molecule has 0 N–H and O–H groups in total. The largest absolute Gasteiger partial charge is 0.490 e. The molecule has 0 aliphatic heterocycles. The van der Waals surface area contributed by atoms with Gasteiger partial charge in [-0.2, -0.15) is 9.78 Å². The predicted octanol–water partition coefficient (Wildman–Crippen LogP) is 5.99. The van der Waals surface area contributed by atoms with Gasteiger partial charge in [0.1, 0.15) is 17.7 Å². The minimum Gasteiger partial charge on any atom is -0.490 e.